The summed E-state index contributed by atoms with van der Waals surface area (Å²) in [6.45, 7) is 0. The number of benzene rings is 1. The maximum absolute atomic E-state index is 13.9. The van der Waals surface area contributed by atoms with Crippen molar-refractivity contribution in [1.82, 2.24) is 4.98 Å². The summed E-state index contributed by atoms with van der Waals surface area (Å²) in [6.07, 6.45) is 0.0506. The van der Waals surface area contributed by atoms with Crippen LogP contribution in [0.5, 0.6) is 0 Å². The molecular formula is C12H9F2N3OS. The number of carbonyl (C=O) groups excluding carboxylic acids is 1. The van der Waals surface area contributed by atoms with Gasteiger partial charge >= 0.3 is 0 Å². The van der Waals surface area contributed by atoms with E-state index in [1.54, 1.807) is 0 Å². The first-order valence-electron chi connectivity index (χ1n) is 5.56. The lowest BCUT2D eigenvalue weighted by Crippen LogP contribution is -2.23. The molecule has 0 aliphatic carbocycles. The molecule has 1 aromatic heterocycles. The van der Waals surface area contributed by atoms with Crippen molar-refractivity contribution in [1.29, 1.82) is 0 Å². The third-order valence-corrected chi connectivity index (χ3v) is 3.99. The second kappa shape index (κ2) is 4.27. The fourth-order valence-electron chi connectivity index (χ4n) is 2.18. The number of nitrogens with zero attached hydrogens (tertiary/aromatic N) is 1. The summed E-state index contributed by atoms with van der Waals surface area (Å²) < 4.78 is 27.2. The van der Waals surface area contributed by atoms with E-state index in [2.05, 4.69) is 10.3 Å². The quantitative estimate of drug-likeness (QED) is 0.843. The highest BCUT2D eigenvalue weighted by atomic mass is 32.1. The summed E-state index contributed by atoms with van der Waals surface area (Å²) in [6, 6.07) is 3.94. The number of amides is 1. The first-order chi connectivity index (χ1) is 9.06. The summed E-state index contributed by atoms with van der Waals surface area (Å²) in [4.78, 5) is 16.2. The van der Waals surface area contributed by atoms with Crippen molar-refractivity contribution in [3.63, 3.8) is 0 Å². The van der Waals surface area contributed by atoms with E-state index in [1.807, 2.05) is 0 Å². The van der Waals surface area contributed by atoms with E-state index in [4.69, 9.17) is 5.73 Å². The van der Waals surface area contributed by atoms with E-state index < -0.39 is 17.6 Å². The maximum atomic E-state index is 13.9. The van der Waals surface area contributed by atoms with Gasteiger partial charge in [-0.2, -0.15) is 0 Å². The van der Waals surface area contributed by atoms with E-state index in [-0.39, 0.29) is 23.0 Å². The summed E-state index contributed by atoms with van der Waals surface area (Å²) in [5.74, 6) is -2.35. The molecule has 4 nitrogen and oxygen atoms in total. The molecule has 1 atom stereocenters. The third-order valence-electron chi connectivity index (χ3n) is 2.99. The van der Waals surface area contributed by atoms with Crippen molar-refractivity contribution in [2.24, 2.45) is 0 Å². The highest BCUT2D eigenvalue weighted by Gasteiger charge is 2.32. The average Bonchev–Trinajstić information content (AvgIpc) is 2.72. The van der Waals surface area contributed by atoms with Crippen LogP contribution in [0.4, 0.5) is 19.7 Å². The van der Waals surface area contributed by atoms with E-state index in [0.717, 1.165) is 6.07 Å². The summed E-state index contributed by atoms with van der Waals surface area (Å²) >= 11 is 1.17. The Bertz CT molecular complexity index is 671. The molecule has 3 N–H and O–H groups in total. The van der Waals surface area contributed by atoms with E-state index in [0.29, 0.717) is 10.7 Å². The average molecular weight is 281 g/mol. The largest absolute Gasteiger partial charge is 0.375 e. The minimum atomic E-state index is -0.930. The molecular weight excluding hydrogens is 272 g/mol. The van der Waals surface area contributed by atoms with Crippen molar-refractivity contribution in [2.45, 2.75) is 12.3 Å². The standard InChI is InChI=1S/C12H9F2N3OS/c13-7-3-1-2-5(9(7)14)6-4-8(18)16-11-10(6)19-12(15)17-11/h1-3,6H,4H2,(H2,15,17)(H,16,18)/t6-/m1/s1. The number of fused-ring (bicyclic) bond motifs is 1. The molecule has 2 heterocycles. The number of halogens is 2. The lowest BCUT2D eigenvalue weighted by atomic mass is 9.91. The van der Waals surface area contributed by atoms with Gasteiger partial charge in [0, 0.05) is 12.3 Å². The van der Waals surface area contributed by atoms with E-state index in [1.165, 1.54) is 23.5 Å². The van der Waals surface area contributed by atoms with Gasteiger partial charge in [0.1, 0.15) is 5.82 Å². The number of anilines is 2. The van der Waals surface area contributed by atoms with Gasteiger partial charge in [0.05, 0.1) is 4.88 Å². The number of hydrogen-bond donors (Lipinski definition) is 2. The van der Waals surface area contributed by atoms with Gasteiger partial charge in [0.25, 0.3) is 0 Å². The Kier molecular flexibility index (Phi) is 2.70. The second-order valence-corrected chi connectivity index (χ2v) is 5.28. The van der Waals surface area contributed by atoms with Gasteiger partial charge in [-0.3, -0.25) is 4.79 Å². The molecule has 0 bridgehead atoms. The highest BCUT2D eigenvalue weighted by Crippen LogP contribution is 2.42. The molecule has 1 aliphatic rings. The number of thiazole rings is 1. The maximum Gasteiger partial charge on any atom is 0.226 e. The monoisotopic (exact) mass is 281 g/mol. The van der Waals surface area contributed by atoms with Crippen molar-refractivity contribution >= 4 is 28.2 Å². The molecule has 3 rings (SSSR count). The second-order valence-electron chi connectivity index (χ2n) is 4.21. The van der Waals surface area contributed by atoms with Gasteiger partial charge in [-0.05, 0) is 11.6 Å². The summed E-state index contributed by atoms with van der Waals surface area (Å²) in [5, 5.41) is 2.86. The van der Waals surface area contributed by atoms with Gasteiger partial charge in [0.15, 0.2) is 16.8 Å². The molecule has 0 saturated carbocycles. The van der Waals surface area contributed by atoms with Gasteiger partial charge < -0.3 is 11.1 Å². The fraction of sp³-hybridized carbons (Fsp3) is 0.167. The van der Waals surface area contributed by atoms with Crippen molar-refractivity contribution in [2.75, 3.05) is 11.1 Å². The zero-order chi connectivity index (χ0) is 13.6. The molecule has 1 amide bonds. The van der Waals surface area contributed by atoms with Gasteiger partial charge in [-0.25, -0.2) is 13.8 Å². The number of nitrogens with two attached hydrogens (primary N) is 1. The first-order valence-corrected chi connectivity index (χ1v) is 6.38. The Morgan fingerprint density at radius 1 is 1.42 bits per heavy atom. The topological polar surface area (TPSA) is 68.0 Å². The number of hydrogen-bond acceptors (Lipinski definition) is 4. The zero-order valence-corrected chi connectivity index (χ0v) is 10.4. The molecule has 1 aromatic carbocycles. The molecule has 19 heavy (non-hydrogen) atoms. The number of nitrogen functional groups attached to an aromatic ring is 1. The van der Waals surface area contributed by atoms with Crippen LogP contribution in [0.2, 0.25) is 0 Å². The predicted molar refractivity (Wildman–Crippen MR) is 68.0 cm³/mol. The molecule has 0 radical (unpaired) electrons. The third kappa shape index (κ3) is 1.95. The van der Waals surface area contributed by atoms with Crippen LogP contribution >= 0.6 is 11.3 Å². The van der Waals surface area contributed by atoms with Crippen LogP contribution in [-0.2, 0) is 4.79 Å². The van der Waals surface area contributed by atoms with Crippen molar-refractivity contribution in [3.8, 4) is 0 Å². The first kappa shape index (κ1) is 12.0. The van der Waals surface area contributed by atoms with Crippen LogP contribution in [0.25, 0.3) is 0 Å². The Hall–Kier alpha value is -2.02. The minimum absolute atomic E-state index is 0.0506. The van der Waals surface area contributed by atoms with Crippen LogP contribution in [0, 0.1) is 11.6 Å². The molecule has 1 aliphatic heterocycles. The van der Waals surface area contributed by atoms with E-state index in [9.17, 15) is 13.6 Å². The molecule has 7 heteroatoms. The summed E-state index contributed by atoms with van der Waals surface area (Å²) in [7, 11) is 0. The molecule has 0 unspecified atom stereocenters. The Balaban J connectivity index is 2.15. The van der Waals surface area contributed by atoms with Crippen LogP contribution < -0.4 is 11.1 Å². The van der Waals surface area contributed by atoms with Gasteiger partial charge in [0.2, 0.25) is 5.91 Å². The van der Waals surface area contributed by atoms with Crippen LogP contribution in [0.15, 0.2) is 18.2 Å². The SMILES string of the molecule is Nc1nc2c(s1)[C@@H](c1cccc(F)c1F)CC(=O)N2. The Morgan fingerprint density at radius 3 is 3.00 bits per heavy atom. The van der Waals surface area contributed by atoms with Gasteiger partial charge in [-0.1, -0.05) is 23.5 Å². The molecule has 0 fully saturated rings. The van der Waals surface area contributed by atoms with E-state index >= 15 is 0 Å². The van der Waals surface area contributed by atoms with Crippen LogP contribution in [0.3, 0.4) is 0 Å². The van der Waals surface area contributed by atoms with Crippen LogP contribution in [0.1, 0.15) is 22.8 Å². The zero-order valence-electron chi connectivity index (χ0n) is 9.61. The summed E-state index contributed by atoms with van der Waals surface area (Å²) in [5.41, 5.74) is 5.75. The predicted octanol–water partition coefficient (Wildman–Crippen LogP) is 2.48. The van der Waals surface area contributed by atoms with Crippen molar-refractivity contribution in [3.05, 3.63) is 40.3 Å². The molecule has 0 saturated heterocycles. The number of rotatable bonds is 1. The number of nitrogens with one attached hydrogen (secondary N) is 1. The minimum Gasteiger partial charge on any atom is -0.375 e. The smallest absolute Gasteiger partial charge is 0.226 e. The number of carbonyl (C=O) groups is 1. The molecule has 2 aromatic rings. The normalized spacial score (nSPS) is 18.0. The van der Waals surface area contributed by atoms with Crippen molar-refractivity contribution < 1.29 is 13.6 Å². The lowest BCUT2D eigenvalue weighted by Gasteiger charge is -2.22. The lowest BCUT2D eigenvalue weighted by molar-refractivity contribution is -0.116. The Morgan fingerprint density at radius 2 is 2.21 bits per heavy atom. The molecule has 0 spiro atoms. The fourth-order valence-corrected chi connectivity index (χ4v) is 3.08. The number of aromatic nitrogens is 1. The van der Waals surface area contributed by atoms with Gasteiger partial charge in [-0.15, -0.1) is 0 Å². The highest BCUT2D eigenvalue weighted by molar-refractivity contribution is 7.16. The van der Waals surface area contributed by atoms with Crippen LogP contribution in [-0.4, -0.2) is 10.9 Å². The molecule has 98 valence electrons. The Labute approximate surface area is 111 Å².